The lowest BCUT2D eigenvalue weighted by atomic mass is 10.2. The Morgan fingerprint density at radius 1 is 1.35 bits per heavy atom. The Kier molecular flexibility index (Phi) is 4.31. The van der Waals surface area contributed by atoms with E-state index in [1.165, 1.54) is 23.5 Å². The molecule has 0 saturated carbocycles. The Labute approximate surface area is 126 Å². The van der Waals surface area contributed by atoms with Crippen LogP contribution in [0, 0.1) is 0 Å². The second kappa shape index (κ2) is 5.81. The summed E-state index contributed by atoms with van der Waals surface area (Å²) < 4.78 is 26.7. The molecule has 2 aromatic rings. The van der Waals surface area contributed by atoms with Gasteiger partial charge in [0.05, 0.1) is 4.90 Å². The molecule has 6 nitrogen and oxygen atoms in total. The molecule has 2 rings (SSSR count). The molecule has 1 heterocycles. The van der Waals surface area contributed by atoms with Gasteiger partial charge in [0.25, 0.3) is 10.0 Å². The predicted molar refractivity (Wildman–Crippen MR) is 82.4 cm³/mol. The number of sulfonamides is 1. The first-order valence-corrected chi connectivity index (χ1v) is 8.38. The van der Waals surface area contributed by atoms with Crippen LogP contribution in [0.1, 0.15) is 17.5 Å². The molecule has 0 bridgehead atoms. The van der Waals surface area contributed by atoms with E-state index >= 15 is 0 Å². The molecule has 0 saturated heterocycles. The van der Waals surface area contributed by atoms with Crippen molar-refractivity contribution in [3.05, 3.63) is 34.8 Å². The third-order valence-corrected chi connectivity index (χ3v) is 5.14. The SMILES string of the molecule is CCc1nnc(NS(=O)(=O)c2ccc(C(N)=S)cc2)s1. The van der Waals surface area contributed by atoms with E-state index < -0.39 is 10.0 Å². The first-order chi connectivity index (χ1) is 9.42. The number of benzene rings is 1. The summed E-state index contributed by atoms with van der Waals surface area (Å²) in [4.78, 5) is 0.337. The zero-order chi connectivity index (χ0) is 14.8. The van der Waals surface area contributed by atoms with Crippen LogP contribution in [0.15, 0.2) is 29.2 Å². The molecule has 3 N–H and O–H groups in total. The van der Waals surface area contributed by atoms with Gasteiger partial charge in [-0.15, -0.1) is 10.2 Å². The standard InChI is InChI=1S/C11H12N4O2S3/c1-2-9-13-14-11(19-9)15-20(16,17)8-5-3-7(4-6-8)10(12)18/h3-6H,2H2,1H3,(H2,12,18)(H,14,15). The van der Waals surface area contributed by atoms with Gasteiger partial charge < -0.3 is 5.73 Å². The zero-order valence-electron chi connectivity index (χ0n) is 10.5. The first-order valence-electron chi connectivity index (χ1n) is 5.67. The molecule has 0 radical (unpaired) electrons. The van der Waals surface area contributed by atoms with Crippen molar-refractivity contribution in [2.24, 2.45) is 5.73 Å². The van der Waals surface area contributed by atoms with E-state index in [9.17, 15) is 8.42 Å². The van der Waals surface area contributed by atoms with Gasteiger partial charge in [-0.25, -0.2) is 8.42 Å². The third kappa shape index (κ3) is 3.30. The Morgan fingerprint density at radius 2 is 2.00 bits per heavy atom. The predicted octanol–water partition coefficient (Wildman–Crippen LogP) is 1.54. The van der Waals surface area contributed by atoms with Gasteiger partial charge in [0.2, 0.25) is 5.13 Å². The van der Waals surface area contributed by atoms with Gasteiger partial charge in [0.1, 0.15) is 10.00 Å². The van der Waals surface area contributed by atoms with Crippen molar-refractivity contribution in [2.75, 3.05) is 4.72 Å². The van der Waals surface area contributed by atoms with E-state index in [1.54, 1.807) is 12.1 Å². The smallest absolute Gasteiger partial charge is 0.263 e. The Balaban J connectivity index is 2.23. The minimum absolute atomic E-state index is 0.116. The minimum atomic E-state index is -3.68. The van der Waals surface area contributed by atoms with Crippen LogP contribution >= 0.6 is 23.6 Å². The Hall–Kier alpha value is -1.58. The van der Waals surface area contributed by atoms with Gasteiger partial charge in [-0.1, -0.05) is 42.6 Å². The lowest BCUT2D eigenvalue weighted by Crippen LogP contribution is -2.14. The summed E-state index contributed by atoms with van der Waals surface area (Å²) in [5, 5.41) is 8.66. The summed E-state index contributed by atoms with van der Waals surface area (Å²) in [7, 11) is -3.68. The van der Waals surface area contributed by atoms with Crippen LogP contribution in [-0.4, -0.2) is 23.6 Å². The van der Waals surface area contributed by atoms with E-state index in [1.807, 2.05) is 6.92 Å². The van der Waals surface area contributed by atoms with Gasteiger partial charge in [-0.05, 0) is 18.6 Å². The molecule has 0 spiro atoms. The first kappa shape index (κ1) is 14.8. The van der Waals surface area contributed by atoms with Gasteiger partial charge in [0, 0.05) is 5.56 Å². The van der Waals surface area contributed by atoms with Crippen LogP contribution in [0.4, 0.5) is 5.13 Å². The molecule has 20 heavy (non-hydrogen) atoms. The Bertz CT molecular complexity index is 722. The van der Waals surface area contributed by atoms with Crippen LogP contribution in [-0.2, 0) is 16.4 Å². The van der Waals surface area contributed by atoms with Crippen molar-refractivity contribution in [1.29, 1.82) is 0 Å². The van der Waals surface area contributed by atoms with Crippen molar-refractivity contribution in [3.63, 3.8) is 0 Å². The number of nitrogens with one attached hydrogen (secondary N) is 1. The highest BCUT2D eigenvalue weighted by atomic mass is 32.2. The summed E-state index contributed by atoms with van der Waals surface area (Å²) in [5.41, 5.74) is 6.08. The summed E-state index contributed by atoms with van der Waals surface area (Å²) in [6, 6.07) is 6.01. The van der Waals surface area contributed by atoms with Crippen molar-refractivity contribution in [2.45, 2.75) is 18.2 Å². The fraction of sp³-hybridized carbons (Fsp3) is 0.182. The van der Waals surface area contributed by atoms with Gasteiger partial charge in [-0.3, -0.25) is 4.72 Å². The molecule has 0 unspecified atom stereocenters. The van der Waals surface area contributed by atoms with Gasteiger partial charge in [0.15, 0.2) is 0 Å². The highest BCUT2D eigenvalue weighted by molar-refractivity contribution is 7.93. The molecular weight excluding hydrogens is 316 g/mol. The molecule has 9 heteroatoms. The van der Waals surface area contributed by atoms with Crippen molar-refractivity contribution >= 4 is 43.7 Å². The van der Waals surface area contributed by atoms with E-state index in [-0.39, 0.29) is 15.0 Å². The monoisotopic (exact) mass is 328 g/mol. The van der Waals surface area contributed by atoms with Crippen LogP contribution < -0.4 is 10.5 Å². The van der Waals surface area contributed by atoms with Gasteiger partial charge in [-0.2, -0.15) is 0 Å². The molecule has 106 valence electrons. The van der Waals surface area contributed by atoms with Crippen molar-refractivity contribution in [1.82, 2.24) is 10.2 Å². The number of aryl methyl sites for hydroxylation is 1. The fourth-order valence-electron chi connectivity index (χ4n) is 1.41. The summed E-state index contributed by atoms with van der Waals surface area (Å²) in [5.74, 6) is 0. The molecule has 0 amide bonds. The number of aromatic nitrogens is 2. The number of rotatable bonds is 5. The number of hydrogen-bond acceptors (Lipinski definition) is 6. The maximum atomic E-state index is 12.1. The number of anilines is 1. The highest BCUT2D eigenvalue weighted by Crippen LogP contribution is 2.20. The summed E-state index contributed by atoms with van der Waals surface area (Å²) in [6.07, 6.45) is 0.710. The van der Waals surface area contributed by atoms with E-state index in [0.717, 1.165) is 5.01 Å². The molecule has 0 aliphatic heterocycles. The van der Waals surface area contributed by atoms with Crippen LogP contribution in [0.3, 0.4) is 0 Å². The lowest BCUT2D eigenvalue weighted by Gasteiger charge is -2.05. The molecule has 1 aromatic carbocycles. The largest absolute Gasteiger partial charge is 0.389 e. The topological polar surface area (TPSA) is 98.0 Å². The highest BCUT2D eigenvalue weighted by Gasteiger charge is 2.16. The van der Waals surface area contributed by atoms with E-state index in [2.05, 4.69) is 14.9 Å². The lowest BCUT2D eigenvalue weighted by molar-refractivity contribution is 0.601. The summed E-state index contributed by atoms with van der Waals surface area (Å²) >= 11 is 6.03. The molecule has 0 aliphatic rings. The van der Waals surface area contributed by atoms with Crippen LogP contribution in [0.5, 0.6) is 0 Å². The summed E-state index contributed by atoms with van der Waals surface area (Å²) in [6.45, 7) is 1.92. The molecular formula is C11H12N4O2S3. The number of hydrogen-bond donors (Lipinski definition) is 2. The third-order valence-electron chi connectivity index (χ3n) is 2.44. The normalized spacial score (nSPS) is 11.2. The maximum absolute atomic E-state index is 12.1. The second-order valence-electron chi connectivity index (χ2n) is 3.85. The van der Waals surface area contributed by atoms with Crippen LogP contribution in [0.2, 0.25) is 0 Å². The number of thiocarbonyl (C=S) groups is 1. The van der Waals surface area contributed by atoms with Crippen molar-refractivity contribution in [3.8, 4) is 0 Å². The second-order valence-corrected chi connectivity index (χ2v) is 7.03. The average molecular weight is 328 g/mol. The van der Waals surface area contributed by atoms with E-state index in [0.29, 0.717) is 12.0 Å². The molecule has 0 aliphatic carbocycles. The minimum Gasteiger partial charge on any atom is -0.389 e. The fourth-order valence-corrected chi connectivity index (χ4v) is 3.46. The van der Waals surface area contributed by atoms with E-state index in [4.69, 9.17) is 18.0 Å². The zero-order valence-corrected chi connectivity index (χ0v) is 13.0. The molecule has 0 atom stereocenters. The quantitative estimate of drug-likeness (QED) is 0.808. The molecule has 1 aromatic heterocycles. The maximum Gasteiger partial charge on any atom is 0.263 e. The molecule has 0 fully saturated rings. The Morgan fingerprint density at radius 3 is 2.50 bits per heavy atom. The average Bonchev–Trinajstić information content (AvgIpc) is 2.85. The number of nitrogens with zero attached hydrogens (tertiary/aromatic N) is 2. The number of nitrogens with two attached hydrogens (primary N) is 1. The van der Waals surface area contributed by atoms with Crippen molar-refractivity contribution < 1.29 is 8.42 Å². The van der Waals surface area contributed by atoms with Gasteiger partial charge >= 0.3 is 0 Å². The van der Waals surface area contributed by atoms with Crippen LogP contribution in [0.25, 0.3) is 0 Å².